The van der Waals surface area contributed by atoms with E-state index in [-0.39, 0.29) is 5.97 Å². The van der Waals surface area contributed by atoms with Gasteiger partial charge in [-0.2, -0.15) is 0 Å². The number of nitrogens with zero attached hydrogens (tertiary/aromatic N) is 2. The van der Waals surface area contributed by atoms with Gasteiger partial charge in [-0.05, 0) is 49.7 Å². The average Bonchev–Trinajstić information content (AvgIpc) is 3.58. The van der Waals surface area contributed by atoms with Crippen LogP contribution in [0.3, 0.4) is 0 Å². The summed E-state index contributed by atoms with van der Waals surface area (Å²) in [5, 5.41) is 4.43. The summed E-state index contributed by atoms with van der Waals surface area (Å²) in [7, 11) is 1.45. The maximum absolute atomic E-state index is 12.3. The number of hydrogen-bond donors (Lipinski definition) is 1. The van der Waals surface area contributed by atoms with E-state index >= 15 is 0 Å². The number of carbonyl (C=O) groups is 1. The van der Waals surface area contributed by atoms with Crippen LogP contribution in [-0.2, 0) is 4.74 Å². The Balaban J connectivity index is 1.35. The van der Waals surface area contributed by atoms with Crippen LogP contribution in [0.5, 0.6) is 0 Å². The molecular formula is C21H31N3O2S. The fraction of sp³-hybridized carbons (Fsp3) is 0.714. The van der Waals surface area contributed by atoms with E-state index in [0.717, 1.165) is 37.2 Å². The fourth-order valence-electron chi connectivity index (χ4n) is 4.20. The van der Waals surface area contributed by atoms with Crippen LogP contribution in [-0.4, -0.2) is 48.3 Å². The number of aromatic nitrogens is 1. The summed E-state index contributed by atoms with van der Waals surface area (Å²) in [6, 6.07) is 2.73. The van der Waals surface area contributed by atoms with Crippen molar-refractivity contribution in [1.29, 1.82) is 0 Å². The van der Waals surface area contributed by atoms with Crippen molar-refractivity contribution in [3.05, 3.63) is 23.4 Å². The number of nitrogens with one attached hydrogen (secondary N) is 1. The molecule has 1 aliphatic heterocycles. The molecule has 0 radical (unpaired) electrons. The van der Waals surface area contributed by atoms with Gasteiger partial charge in [0, 0.05) is 30.6 Å². The molecule has 1 saturated heterocycles. The van der Waals surface area contributed by atoms with Gasteiger partial charge in [-0.25, -0.2) is 9.78 Å². The average molecular weight is 390 g/mol. The van der Waals surface area contributed by atoms with Gasteiger partial charge in [0.1, 0.15) is 11.4 Å². The molecule has 0 amide bonds. The molecule has 2 saturated carbocycles. The minimum absolute atomic E-state index is 0.272. The largest absolute Gasteiger partial charge is 0.465 e. The molecule has 2 heterocycles. The summed E-state index contributed by atoms with van der Waals surface area (Å²) in [5.74, 6) is 1.99. The van der Waals surface area contributed by atoms with Gasteiger partial charge >= 0.3 is 5.97 Å². The third kappa shape index (κ3) is 4.77. The van der Waals surface area contributed by atoms with Crippen molar-refractivity contribution < 1.29 is 9.53 Å². The van der Waals surface area contributed by atoms with E-state index in [1.807, 2.05) is 24.0 Å². The SMILES string of the molecule is COC(=O)c1cc(C2CC2)cnc1N1CCC(CNC2CCCCC2)SC1. The van der Waals surface area contributed by atoms with Gasteiger partial charge in [0.2, 0.25) is 0 Å². The molecule has 27 heavy (non-hydrogen) atoms. The molecule has 1 N–H and O–H groups in total. The lowest BCUT2D eigenvalue weighted by Gasteiger charge is -2.34. The zero-order valence-electron chi connectivity index (χ0n) is 16.3. The zero-order chi connectivity index (χ0) is 18.6. The highest BCUT2D eigenvalue weighted by Gasteiger charge is 2.29. The van der Waals surface area contributed by atoms with Gasteiger partial charge in [0.25, 0.3) is 0 Å². The van der Waals surface area contributed by atoms with Crippen LogP contribution in [0.2, 0.25) is 0 Å². The van der Waals surface area contributed by atoms with Crippen LogP contribution in [0.1, 0.15) is 73.2 Å². The summed E-state index contributed by atoms with van der Waals surface area (Å²) < 4.78 is 5.03. The Morgan fingerprint density at radius 1 is 1.26 bits per heavy atom. The van der Waals surface area contributed by atoms with Crippen LogP contribution in [0.15, 0.2) is 12.3 Å². The van der Waals surface area contributed by atoms with Gasteiger partial charge in [0.05, 0.1) is 13.0 Å². The second kappa shape index (κ2) is 8.82. The molecule has 6 heteroatoms. The molecule has 148 valence electrons. The van der Waals surface area contributed by atoms with Crippen molar-refractivity contribution >= 4 is 23.5 Å². The number of thioether (sulfide) groups is 1. The van der Waals surface area contributed by atoms with Crippen molar-refractivity contribution in [2.24, 2.45) is 0 Å². The van der Waals surface area contributed by atoms with Gasteiger partial charge < -0.3 is 15.0 Å². The summed E-state index contributed by atoms with van der Waals surface area (Å²) in [5.41, 5.74) is 1.81. The molecule has 0 aromatic carbocycles. The van der Waals surface area contributed by atoms with E-state index < -0.39 is 0 Å². The molecule has 1 unspecified atom stereocenters. The number of rotatable bonds is 6. The van der Waals surface area contributed by atoms with Crippen molar-refractivity contribution in [3.8, 4) is 0 Å². The highest BCUT2D eigenvalue weighted by atomic mass is 32.2. The minimum atomic E-state index is -0.272. The summed E-state index contributed by atoms with van der Waals surface area (Å²) >= 11 is 1.98. The zero-order valence-corrected chi connectivity index (χ0v) is 17.1. The van der Waals surface area contributed by atoms with Crippen molar-refractivity contribution in [2.45, 2.75) is 68.6 Å². The number of anilines is 1. The van der Waals surface area contributed by atoms with E-state index in [0.29, 0.717) is 16.7 Å². The second-order valence-corrected chi connectivity index (χ2v) is 9.38. The molecule has 1 aromatic rings. The van der Waals surface area contributed by atoms with Crippen LogP contribution >= 0.6 is 11.8 Å². The number of carbonyl (C=O) groups excluding carboxylic acids is 1. The Labute approximate surface area is 166 Å². The molecule has 3 fully saturated rings. The first kappa shape index (κ1) is 19.1. The number of esters is 1. The number of pyridine rings is 1. The Morgan fingerprint density at radius 3 is 2.74 bits per heavy atom. The molecule has 5 nitrogen and oxygen atoms in total. The van der Waals surface area contributed by atoms with E-state index in [1.54, 1.807) is 0 Å². The standard InChI is InChI=1S/C21H31N3O2S/c1-26-21(25)19-11-16(15-7-8-15)12-23-20(19)24-10-9-18(27-14-24)13-22-17-5-3-2-4-6-17/h11-12,15,17-18,22H,2-10,13-14H2,1H3. The molecule has 4 rings (SSSR count). The predicted octanol–water partition coefficient (Wildman–Crippen LogP) is 3.94. The summed E-state index contributed by atoms with van der Waals surface area (Å²) in [4.78, 5) is 19.2. The lowest BCUT2D eigenvalue weighted by Crippen LogP contribution is -2.41. The van der Waals surface area contributed by atoms with Crippen LogP contribution in [0.25, 0.3) is 0 Å². The van der Waals surface area contributed by atoms with E-state index in [2.05, 4.69) is 15.2 Å². The van der Waals surface area contributed by atoms with Gasteiger partial charge in [-0.1, -0.05) is 19.3 Å². The topological polar surface area (TPSA) is 54.5 Å². The van der Waals surface area contributed by atoms with Crippen LogP contribution in [0.4, 0.5) is 5.82 Å². The minimum Gasteiger partial charge on any atom is -0.465 e. The fourth-order valence-corrected chi connectivity index (χ4v) is 5.33. The third-order valence-electron chi connectivity index (χ3n) is 6.07. The first-order valence-corrected chi connectivity index (χ1v) is 11.5. The first-order valence-electron chi connectivity index (χ1n) is 10.4. The van der Waals surface area contributed by atoms with Gasteiger partial charge in [-0.15, -0.1) is 11.8 Å². The van der Waals surface area contributed by atoms with Crippen LogP contribution < -0.4 is 10.2 Å². The lowest BCUT2D eigenvalue weighted by molar-refractivity contribution is 0.0601. The van der Waals surface area contributed by atoms with E-state index in [4.69, 9.17) is 4.74 Å². The highest BCUT2D eigenvalue weighted by Crippen LogP contribution is 2.41. The maximum Gasteiger partial charge on any atom is 0.341 e. The van der Waals surface area contributed by atoms with E-state index in [9.17, 15) is 4.79 Å². The Hall–Kier alpha value is -1.27. The van der Waals surface area contributed by atoms with Gasteiger partial charge in [0.15, 0.2) is 0 Å². The number of methoxy groups -OCH3 is 1. The Kier molecular flexibility index (Phi) is 6.23. The predicted molar refractivity (Wildman–Crippen MR) is 111 cm³/mol. The molecule has 1 atom stereocenters. The lowest BCUT2D eigenvalue weighted by atomic mass is 9.95. The normalized spacial score (nSPS) is 24.0. The van der Waals surface area contributed by atoms with Crippen molar-refractivity contribution in [2.75, 3.05) is 31.0 Å². The van der Waals surface area contributed by atoms with Crippen molar-refractivity contribution in [1.82, 2.24) is 10.3 Å². The monoisotopic (exact) mass is 389 g/mol. The quantitative estimate of drug-likeness (QED) is 0.744. The molecular weight excluding hydrogens is 358 g/mol. The molecule has 0 spiro atoms. The van der Waals surface area contributed by atoms with Crippen LogP contribution in [0, 0.1) is 0 Å². The maximum atomic E-state index is 12.3. The third-order valence-corrected chi connectivity index (χ3v) is 7.40. The Bertz CT molecular complexity index is 651. The highest BCUT2D eigenvalue weighted by molar-refractivity contribution is 8.00. The first-order chi connectivity index (χ1) is 13.2. The summed E-state index contributed by atoms with van der Waals surface area (Å²) in [6.45, 7) is 2.05. The molecule has 3 aliphatic rings. The molecule has 2 aliphatic carbocycles. The smallest absolute Gasteiger partial charge is 0.341 e. The summed E-state index contributed by atoms with van der Waals surface area (Å²) in [6.07, 6.45) is 12.3. The number of ether oxygens (including phenoxy) is 1. The molecule has 1 aromatic heterocycles. The van der Waals surface area contributed by atoms with Crippen molar-refractivity contribution in [3.63, 3.8) is 0 Å². The number of hydrogen-bond acceptors (Lipinski definition) is 6. The second-order valence-electron chi connectivity index (χ2n) is 8.12. The molecule has 0 bridgehead atoms. The Morgan fingerprint density at radius 2 is 2.07 bits per heavy atom. The van der Waals surface area contributed by atoms with E-state index in [1.165, 1.54) is 57.6 Å². The van der Waals surface area contributed by atoms with Gasteiger partial charge in [-0.3, -0.25) is 0 Å².